The van der Waals surface area contributed by atoms with Gasteiger partial charge in [0.1, 0.15) is 23.4 Å². The van der Waals surface area contributed by atoms with Crippen LogP contribution >= 0.6 is 0 Å². The van der Waals surface area contributed by atoms with Crippen LogP contribution in [-0.2, 0) is 5.41 Å². The van der Waals surface area contributed by atoms with Gasteiger partial charge in [-0.3, -0.25) is 0 Å². The molecule has 0 aliphatic carbocycles. The lowest BCUT2D eigenvalue weighted by Crippen LogP contribution is -2.20. The van der Waals surface area contributed by atoms with E-state index in [2.05, 4.69) is 38.1 Å². The standard InChI is InChI=1S/C26H29FO2/c1-4-28-23-14-10-21(11-15-23)26(2,3)19-18-25(20-8-6-5-7-9-20)29-24-16-12-22(27)13-17-24/h5-17,25H,4,18-19H2,1-3H3. The molecule has 0 fully saturated rings. The fourth-order valence-electron chi connectivity index (χ4n) is 3.44. The molecule has 3 rings (SSSR count). The molecule has 1 unspecified atom stereocenters. The molecule has 0 N–H and O–H groups in total. The fourth-order valence-corrected chi connectivity index (χ4v) is 3.44. The zero-order chi connectivity index (χ0) is 20.7. The quantitative estimate of drug-likeness (QED) is 0.386. The number of ether oxygens (including phenoxy) is 2. The first kappa shape index (κ1) is 20.9. The molecule has 3 aromatic rings. The summed E-state index contributed by atoms with van der Waals surface area (Å²) in [5, 5.41) is 0. The predicted octanol–water partition coefficient (Wildman–Crippen LogP) is 7.10. The summed E-state index contributed by atoms with van der Waals surface area (Å²) in [5.41, 5.74) is 2.39. The lowest BCUT2D eigenvalue weighted by Gasteiger charge is -2.28. The molecule has 0 saturated carbocycles. The Labute approximate surface area is 173 Å². The molecule has 152 valence electrons. The number of hydrogen-bond acceptors (Lipinski definition) is 2. The van der Waals surface area contributed by atoms with Crippen molar-refractivity contribution >= 4 is 0 Å². The smallest absolute Gasteiger partial charge is 0.124 e. The summed E-state index contributed by atoms with van der Waals surface area (Å²) in [6, 6.07) is 24.8. The number of hydrogen-bond donors (Lipinski definition) is 0. The molecule has 0 aliphatic rings. The van der Waals surface area contributed by atoms with Gasteiger partial charge in [-0.25, -0.2) is 4.39 Å². The van der Waals surface area contributed by atoms with Crippen molar-refractivity contribution in [2.75, 3.05) is 6.61 Å². The maximum atomic E-state index is 13.3. The first-order chi connectivity index (χ1) is 14.0. The van der Waals surface area contributed by atoms with Crippen LogP contribution in [0.4, 0.5) is 4.39 Å². The van der Waals surface area contributed by atoms with Gasteiger partial charge in [0.05, 0.1) is 6.61 Å². The van der Waals surface area contributed by atoms with Crippen LogP contribution in [0.15, 0.2) is 78.9 Å². The van der Waals surface area contributed by atoms with Crippen molar-refractivity contribution in [1.82, 2.24) is 0 Å². The first-order valence-electron chi connectivity index (χ1n) is 10.2. The second kappa shape index (κ2) is 9.60. The van der Waals surface area contributed by atoms with E-state index in [1.54, 1.807) is 12.1 Å². The van der Waals surface area contributed by atoms with Crippen molar-refractivity contribution in [3.63, 3.8) is 0 Å². The molecular formula is C26H29FO2. The van der Waals surface area contributed by atoms with Crippen molar-refractivity contribution in [3.05, 3.63) is 95.8 Å². The molecule has 3 aromatic carbocycles. The van der Waals surface area contributed by atoms with Crippen LogP contribution in [0.3, 0.4) is 0 Å². The average molecular weight is 393 g/mol. The Morgan fingerprint density at radius 1 is 0.828 bits per heavy atom. The summed E-state index contributed by atoms with van der Waals surface area (Å²) in [7, 11) is 0. The third kappa shape index (κ3) is 5.83. The Balaban J connectivity index is 1.73. The minimum absolute atomic E-state index is 0.00999. The third-order valence-electron chi connectivity index (χ3n) is 5.24. The second-order valence-electron chi connectivity index (χ2n) is 7.85. The van der Waals surface area contributed by atoms with Gasteiger partial charge < -0.3 is 9.47 Å². The first-order valence-corrected chi connectivity index (χ1v) is 10.2. The highest BCUT2D eigenvalue weighted by Crippen LogP contribution is 2.34. The van der Waals surface area contributed by atoms with Gasteiger partial charge in [0, 0.05) is 0 Å². The lowest BCUT2D eigenvalue weighted by molar-refractivity contribution is 0.181. The molecule has 2 nitrogen and oxygen atoms in total. The molecule has 0 radical (unpaired) electrons. The maximum Gasteiger partial charge on any atom is 0.124 e. The molecule has 0 aliphatic heterocycles. The Morgan fingerprint density at radius 3 is 2.07 bits per heavy atom. The van der Waals surface area contributed by atoms with Gasteiger partial charge in [0.2, 0.25) is 0 Å². The average Bonchev–Trinajstić information content (AvgIpc) is 2.74. The van der Waals surface area contributed by atoms with Crippen molar-refractivity contribution in [3.8, 4) is 11.5 Å². The van der Waals surface area contributed by atoms with Crippen molar-refractivity contribution in [2.24, 2.45) is 0 Å². The van der Waals surface area contributed by atoms with E-state index in [1.807, 2.05) is 37.3 Å². The van der Waals surface area contributed by atoms with Gasteiger partial charge in [-0.1, -0.05) is 56.3 Å². The number of rotatable bonds is 9. The normalized spacial score (nSPS) is 12.4. The summed E-state index contributed by atoms with van der Waals surface area (Å²) in [6.07, 6.45) is 1.70. The van der Waals surface area contributed by atoms with E-state index in [4.69, 9.17) is 9.47 Å². The molecule has 0 heterocycles. The molecule has 0 bridgehead atoms. The zero-order valence-electron chi connectivity index (χ0n) is 17.4. The molecule has 1 atom stereocenters. The topological polar surface area (TPSA) is 18.5 Å². The summed E-state index contributed by atoms with van der Waals surface area (Å²) in [6.45, 7) is 7.16. The van der Waals surface area contributed by atoms with E-state index in [0.717, 1.165) is 24.2 Å². The highest BCUT2D eigenvalue weighted by molar-refractivity contribution is 5.32. The minimum Gasteiger partial charge on any atom is -0.494 e. The van der Waals surface area contributed by atoms with Crippen molar-refractivity contribution < 1.29 is 13.9 Å². The largest absolute Gasteiger partial charge is 0.494 e. The second-order valence-corrected chi connectivity index (χ2v) is 7.85. The lowest BCUT2D eigenvalue weighted by atomic mass is 9.79. The van der Waals surface area contributed by atoms with Crippen molar-refractivity contribution in [2.45, 2.75) is 45.1 Å². The molecule has 0 amide bonds. The van der Waals surface area contributed by atoms with Gasteiger partial charge in [-0.05, 0) is 72.7 Å². The summed E-state index contributed by atoms with van der Waals surface area (Å²) in [4.78, 5) is 0. The Bertz CT molecular complexity index is 871. The molecule has 3 heteroatoms. The minimum atomic E-state index is -0.259. The highest BCUT2D eigenvalue weighted by Gasteiger charge is 2.24. The van der Waals surface area contributed by atoms with Crippen LogP contribution in [0, 0.1) is 5.82 Å². The third-order valence-corrected chi connectivity index (χ3v) is 5.24. The zero-order valence-corrected chi connectivity index (χ0v) is 17.4. The molecule has 0 aromatic heterocycles. The van der Waals surface area contributed by atoms with E-state index in [-0.39, 0.29) is 17.3 Å². The molecule has 29 heavy (non-hydrogen) atoms. The van der Waals surface area contributed by atoms with E-state index < -0.39 is 0 Å². The number of halogens is 1. The van der Waals surface area contributed by atoms with Crippen LogP contribution in [-0.4, -0.2) is 6.61 Å². The molecule has 0 spiro atoms. The highest BCUT2D eigenvalue weighted by atomic mass is 19.1. The van der Waals surface area contributed by atoms with E-state index >= 15 is 0 Å². The monoisotopic (exact) mass is 392 g/mol. The Hall–Kier alpha value is -2.81. The van der Waals surface area contributed by atoms with E-state index in [9.17, 15) is 4.39 Å². The molecule has 0 saturated heterocycles. The fraction of sp³-hybridized carbons (Fsp3) is 0.308. The maximum absolute atomic E-state index is 13.3. The van der Waals surface area contributed by atoms with Crippen LogP contribution in [0.1, 0.15) is 50.8 Å². The van der Waals surface area contributed by atoms with Gasteiger partial charge in [0.15, 0.2) is 0 Å². The van der Waals surface area contributed by atoms with Gasteiger partial charge in [0.25, 0.3) is 0 Å². The Kier molecular flexibility index (Phi) is 6.92. The van der Waals surface area contributed by atoms with E-state index in [0.29, 0.717) is 12.4 Å². The predicted molar refractivity (Wildman–Crippen MR) is 116 cm³/mol. The summed E-state index contributed by atoms with van der Waals surface area (Å²) >= 11 is 0. The van der Waals surface area contributed by atoms with Crippen molar-refractivity contribution in [1.29, 1.82) is 0 Å². The SMILES string of the molecule is CCOc1ccc(C(C)(C)CCC(Oc2ccc(F)cc2)c2ccccc2)cc1. The van der Waals surface area contributed by atoms with Gasteiger partial charge in [-0.15, -0.1) is 0 Å². The van der Waals surface area contributed by atoms with Crippen LogP contribution < -0.4 is 9.47 Å². The van der Waals surface area contributed by atoms with Gasteiger partial charge >= 0.3 is 0 Å². The molecular weight excluding hydrogens is 363 g/mol. The van der Waals surface area contributed by atoms with Crippen LogP contribution in [0.2, 0.25) is 0 Å². The van der Waals surface area contributed by atoms with Crippen LogP contribution in [0.5, 0.6) is 11.5 Å². The number of benzene rings is 3. The summed E-state index contributed by atoms with van der Waals surface area (Å²) < 4.78 is 25.1. The Morgan fingerprint density at radius 2 is 1.45 bits per heavy atom. The van der Waals surface area contributed by atoms with E-state index in [1.165, 1.54) is 17.7 Å². The van der Waals surface area contributed by atoms with Gasteiger partial charge in [-0.2, -0.15) is 0 Å². The van der Waals surface area contributed by atoms with Crippen LogP contribution in [0.25, 0.3) is 0 Å². The summed E-state index contributed by atoms with van der Waals surface area (Å²) in [5.74, 6) is 1.32.